The Hall–Kier alpha value is -6.10. The lowest BCUT2D eigenvalue weighted by Crippen LogP contribution is -2.67. The number of halogens is 6. The molecule has 2 atom stereocenters. The zero-order valence-electron chi connectivity index (χ0n) is 27.4. The molecule has 272 valence electrons. The summed E-state index contributed by atoms with van der Waals surface area (Å²) in [5.74, 6) is -0.126. The highest BCUT2D eigenvalue weighted by Gasteiger charge is 2.74. The molecule has 0 saturated carbocycles. The zero-order chi connectivity index (χ0) is 36.8. The standard InChI is InChI=1S/C36H28F6N8O3/c37-35(38,39)33-29-15-27(51-21-25-19-49(47-45-25)17-23-7-3-1-4-8-23)11-13-31(29)43-34(53-33,36(40,41)42)30-16-28(12-14-32(30)44-33)52-22-26-20-50(48-46-26)18-24-9-5-2-6-10-24/h1-16,19-20,43-44H,17-18,21-22H2. The summed E-state index contributed by atoms with van der Waals surface area (Å²) in [4.78, 5) is 0. The number of benzene rings is 4. The molecule has 4 aromatic carbocycles. The van der Waals surface area contributed by atoms with E-state index in [0.717, 1.165) is 35.4 Å². The largest absolute Gasteiger partial charge is 0.487 e. The summed E-state index contributed by atoms with van der Waals surface area (Å²) in [5.41, 5.74) is -6.75. The molecule has 17 heteroatoms. The van der Waals surface area contributed by atoms with Gasteiger partial charge in [0.15, 0.2) is 0 Å². The molecule has 2 bridgehead atoms. The molecule has 2 aromatic heterocycles. The first-order chi connectivity index (χ1) is 25.4. The topological polar surface area (TPSA) is 113 Å². The van der Waals surface area contributed by atoms with Gasteiger partial charge >= 0.3 is 12.4 Å². The lowest BCUT2D eigenvalue weighted by Gasteiger charge is -2.54. The normalized spacial score (nSPS) is 19.1. The van der Waals surface area contributed by atoms with E-state index in [0.29, 0.717) is 24.5 Å². The second-order valence-corrected chi connectivity index (χ2v) is 12.5. The highest BCUT2D eigenvalue weighted by atomic mass is 19.4. The molecule has 11 nitrogen and oxygen atoms in total. The van der Waals surface area contributed by atoms with Gasteiger partial charge < -0.3 is 24.8 Å². The fourth-order valence-corrected chi connectivity index (χ4v) is 6.31. The van der Waals surface area contributed by atoms with Crippen LogP contribution in [0.3, 0.4) is 0 Å². The fourth-order valence-electron chi connectivity index (χ4n) is 6.31. The molecule has 2 aliphatic heterocycles. The van der Waals surface area contributed by atoms with Gasteiger partial charge in [-0.05, 0) is 47.5 Å². The van der Waals surface area contributed by atoms with Gasteiger partial charge in [-0.15, -0.1) is 10.2 Å². The average Bonchev–Trinajstić information content (AvgIpc) is 3.79. The first-order valence-electron chi connectivity index (χ1n) is 16.2. The summed E-state index contributed by atoms with van der Waals surface area (Å²) in [6.45, 7) is 0.526. The minimum atomic E-state index is -5.38. The van der Waals surface area contributed by atoms with E-state index in [9.17, 15) is 0 Å². The van der Waals surface area contributed by atoms with Gasteiger partial charge in [0, 0.05) is 22.5 Å². The Labute approximate surface area is 297 Å². The summed E-state index contributed by atoms with van der Waals surface area (Å²) < 4.78 is 111. The summed E-state index contributed by atoms with van der Waals surface area (Å²) in [6.07, 6.45) is -7.51. The lowest BCUT2D eigenvalue weighted by atomic mass is 9.86. The summed E-state index contributed by atoms with van der Waals surface area (Å²) >= 11 is 0. The Bertz CT molecular complexity index is 2090. The Morgan fingerprint density at radius 2 is 1.00 bits per heavy atom. The van der Waals surface area contributed by atoms with Crippen LogP contribution in [0.4, 0.5) is 37.7 Å². The van der Waals surface area contributed by atoms with Gasteiger partial charge in [0.1, 0.15) is 36.1 Å². The van der Waals surface area contributed by atoms with Gasteiger partial charge in [0.05, 0.1) is 25.5 Å². The number of nitrogens with one attached hydrogen (secondary N) is 2. The number of hydrogen-bond acceptors (Lipinski definition) is 9. The molecule has 0 saturated heterocycles. The van der Waals surface area contributed by atoms with Crippen LogP contribution in [-0.4, -0.2) is 42.3 Å². The second-order valence-electron chi connectivity index (χ2n) is 12.5. The maximum Gasteiger partial charge on any atom is 0.441 e. The lowest BCUT2D eigenvalue weighted by molar-refractivity contribution is -0.369. The quantitative estimate of drug-likeness (QED) is 0.142. The molecule has 0 fully saturated rings. The van der Waals surface area contributed by atoms with Crippen molar-refractivity contribution in [2.45, 2.75) is 50.1 Å². The van der Waals surface area contributed by atoms with Gasteiger partial charge in [-0.2, -0.15) is 26.3 Å². The molecule has 2 unspecified atom stereocenters. The van der Waals surface area contributed by atoms with E-state index in [1.54, 1.807) is 21.8 Å². The van der Waals surface area contributed by atoms with Crippen LogP contribution in [0.1, 0.15) is 33.6 Å². The number of rotatable bonds is 10. The third kappa shape index (κ3) is 6.36. The van der Waals surface area contributed by atoms with Gasteiger partial charge in [-0.25, -0.2) is 9.36 Å². The number of anilines is 2. The van der Waals surface area contributed by atoms with Crippen LogP contribution in [-0.2, 0) is 42.5 Å². The van der Waals surface area contributed by atoms with Crippen LogP contribution < -0.4 is 20.1 Å². The van der Waals surface area contributed by atoms with Crippen LogP contribution in [0.15, 0.2) is 109 Å². The smallest absolute Gasteiger partial charge is 0.441 e. The number of aromatic nitrogens is 6. The molecule has 4 heterocycles. The van der Waals surface area contributed by atoms with Crippen LogP contribution in [0, 0.1) is 0 Å². The van der Waals surface area contributed by atoms with Gasteiger partial charge in [-0.1, -0.05) is 71.1 Å². The number of hydrogen-bond donors (Lipinski definition) is 2. The van der Waals surface area contributed by atoms with Crippen molar-refractivity contribution in [3.05, 3.63) is 143 Å². The zero-order valence-corrected chi connectivity index (χ0v) is 27.4. The number of fused-ring (bicyclic) bond motifs is 6. The second kappa shape index (κ2) is 12.8. The highest BCUT2D eigenvalue weighted by Crippen LogP contribution is 2.61. The predicted molar refractivity (Wildman–Crippen MR) is 176 cm³/mol. The molecule has 53 heavy (non-hydrogen) atoms. The van der Waals surface area contributed by atoms with E-state index in [1.165, 1.54) is 12.1 Å². The molecular formula is C36H28F6N8O3. The minimum absolute atomic E-state index is 0.0630. The molecule has 0 aliphatic carbocycles. The van der Waals surface area contributed by atoms with Crippen molar-refractivity contribution in [2.24, 2.45) is 0 Å². The maximum atomic E-state index is 15.1. The molecular weight excluding hydrogens is 706 g/mol. The van der Waals surface area contributed by atoms with Crippen LogP contribution >= 0.6 is 0 Å². The van der Waals surface area contributed by atoms with E-state index < -0.39 is 46.3 Å². The summed E-state index contributed by atoms with van der Waals surface area (Å²) in [5, 5.41) is 20.7. The molecule has 0 spiro atoms. The Morgan fingerprint density at radius 1 is 0.585 bits per heavy atom. The van der Waals surface area contributed by atoms with Gasteiger partial charge in [-0.3, -0.25) is 0 Å². The van der Waals surface area contributed by atoms with Crippen molar-refractivity contribution in [1.82, 2.24) is 30.0 Å². The van der Waals surface area contributed by atoms with E-state index in [-0.39, 0.29) is 24.7 Å². The van der Waals surface area contributed by atoms with Gasteiger partial charge in [0.2, 0.25) is 0 Å². The van der Waals surface area contributed by atoms with E-state index in [4.69, 9.17) is 14.2 Å². The molecule has 2 N–H and O–H groups in total. The Kier molecular flexibility index (Phi) is 8.24. The van der Waals surface area contributed by atoms with Crippen molar-refractivity contribution in [2.75, 3.05) is 10.6 Å². The van der Waals surface area contributed by atoms with Crippen molar-refractivity contribution in [3.8, 4) is 11.5 Å². The minimum Gasteiger partial charge on any atom is -0.487 e. The van der Waals surface area contributed by atoms with E-state index in [2.05, 4.69) is 31.3 Å². The Morgan fingerprint density at radius 3 is 1.40 bits per heavy atom. The van der Waals surface area contributed by atoms with Crippen molar-refractivity contribution in [1.29, 1.82) is 0 Å². The molecule has 6 aromatic rings. The first kappa shape index (κ1) is 34.0. The fraction of sp³-hybridized carbons (Fsp3) is 0.222. The third-order valence-electron chi connectivity index (χ3n) is 8.79. The molecule has 2 aliphatic rings. The summed E-state index contributed by atoms with van der Waals surface area (Å²) in [6, 6.07) is 25.6. The maximum absolute atomic E-state index is 15.1. The number of alkyl halides is 6. The van der Waals surface area contributed by atoms with Crippen LogP contribution in [0.5, 0.6) is 11.5 Å². The van der Waals surface area contributed by atoms with Crippen molar-refractivity contribution < 1.29 is 40.6 Å². The predicted octanol–water partition coefficient (Wildman–Crippen LogP) is 7.12. The first-order valence-corrected chi connectivity index (χ1v) is 16.2. The van der Waals surface area contributed by atoms with Crippen molar-refractivity contribution in [3.63, 3.8) is 0 Å². The third-order valence-corrected chi connectivity index (χ3v) is 8.79. The number of nitrogens with zero attached hydrogens (tertiary/aromatic N) is 6. The summed E-state index contributed by atoms with van der Waals surface area (Å²) in [7, 11) is 0. The van der Waals surface area contributed by atoms with Crippen molar-refractivity contribution >= 4 is 11.4 Å². The molecule has 0 amide bonds. The number of ether oxygens (including phenoxy) is 3. The van der Waals surface area contributed by atoms with Crippen LogP contribution in [0.2, 0.25) is 0 Å². The Balaban J connectivity index is 1.05. The SMILES string of the molecule is FC(F)(F)C12Nc3ccc(OCc4cn(Cc5ccccc5)nn4)cc3C(C(F)(F)F)(Nc3ccc(OCc4cn(Cc5ccccc5)nn4)cc31)O2. The van der Waals surface area contributed by atoms with Gasteiger partial charge in [0.25, 0.3) is 11.4 Å². The molecule has 0 radical (unpaired) electrons. The molecule has 8 rings (SSSR count). The average molecular weight is 735 g/mol. The van der Waals surface area contributed by atoms with E-state index in [1.807, 2.05) is 60.7 Å². The van der Waals surface area contributed by atoms with E-state index >= 15 is 26.3 Å². The van der Waals surface area contributed by atoms with Crippen LogP contribution in [0.25, 0.3) is 0 Å². The monoisotopic (exact) mass is 734 g/mol. The highest BCUT2D eigenvalue weighted by molar-refractivity contribution is 5.71.